The number of hydrogen-bond acceptors (Lipinski definition) is 6. The summed E-state index contributed by atoms with van der Waals surface area (Å²) in [6.45, 7) is 0.0504. The number of nitro groups is 1. The third-order valence-corrected chi connectivity index (χ3v) is 4.03. The maximum Gasteiger partial charge on any atom is 0.269 e. The normalized spacial score (nSPS) is 10.8. The first-order valence-corrected chi connectivity index (χ1v) is 8.09. The van der Waals surface area contributed by atoms with Crippen molar-refractivity contribution in [3.63, 3.8) is 0 Å². The number of hydrogen-bond donors (Lipinski definition) is 0. The van der Waals surface area contributed by atoms with E-state index in [1.165, 1.54) is 18.4 Å². The van der Waals surface area contributed by atoms with Gasteiger partial charge in [-0.25, -0.2) is 0 Å². The molecular formula is C20H13NO6. The van der Waals surface area contributed by atoms with Crippen LogP contribution in [0.1, 0.15) is 5.56 Å². The van der Waals surface area contributed by atoms with Gasteiger partial charge in [0.15, 0.2) is 5.76 Å². The molecule has 7 nitrogen and oxygen atoms in total. The van der Waals surface area contributed by atoms with E-state index in [1.807, 2.05) is 0 Å². The van der Waals surface area contributed by atoms with Gasteiger partial charge >= 0.3 is 0 Å². The summed E-state index contributed by atoms with van der Waals surface area (Å²) in [6, 6.07) is 16.1. The van der Waals surface area contributed by atoms with Gasteiger partial charge in [0.25, 0.3) is 5.69 Å². The molecule has 2 heterocycles. The third-order valence-electron chi connectivity index (χ3n) is 4.03. The van der Waals surface area contributed by atoms with Gasteiger partial charge in [-0.3, -0.25) is 14.9 Å². The van der Waals surface area contributed by atoms with E-state index in [0.29, 0.717) is 22.3 Å². The van der Waals surface area contributed by atoms with Gasteiger partial charge in [0.2, 0.25) is 16.9 Å². The van der Waals surface area contributed by atoms with Crippen LogP contribution in [0, 0.1) is 10.1 Å². The lowest BCUT2D eigenvalue weighted by Crippen LogP contribution is -2.10. The zero-order valence-electron chi connectivity index (χ0n) is 14.0. The van der Waals surface area contributed by atoms with E-state index in [-0.39, 0.29) is 29.2 Å². The van der Waals surface area contributed by atoms with Gasteiger partial charge in [0.1, 0.15) is 12.2 Å². The van der Waals surface area contributed by atoms with Crippen LogP contribution in [0.3, 0.4) is 0 Å². The molecule has 0 saturated carbocycles. The van der Waals surface area contributed by atoms with Crippen molar-refractivity contribution < 1.29 is 18.5 Å². The zero-order valence-corrected chi connectivity index (χ0v) is 14.0. The zero-order chi connectivity index (χ0) is 18.8. The minimum atomic E-state index is -0.475. The summed E-state index contributed by atoms with van der Waals surface area (Å²) in [5, 5.41) is 11.1. The van der Waals surface area contributed by atoms with Crippen LogP contribution in [-0.2, 0) is 6.61 Å². The predicted octanol–water partition coefficient (Wildman–Crippen LogP) is 4.54. The second kappa shape index (κ2) is 6.80. The van der Waals surface area contributed by atoms with Crippen molar-refractivity contribution in [1.82, 2.24) is 0 Å². The molecular weight excluding hydrogens is 350 g/mol. The van der Waals surface area contributed by atoms with Gasteiger partial charge in [-0.2, -0.15) is 0 Å². The van der Waals surface area contributed by atoms with Gasteiger partial charge in [-0.1, -0.05) is 12.1 Å². The van der Waals surface area contributed by atoms with Crippen molar-refractivity contribution in [2.45, 2.75) is 6.61 Å². The number of ether oxygens (including phenoxy) is 1. The molecule has 4 aromatic rings. The average Bonchev–Trinajstić information content (AvgIpc) is 3.22. The Balaban J connectivity index is 1.73. The van der Waals surface area contributed by atoms with Crippen molar-refractivity contribution in [1.29, 1.82) is 0 Å². The van der Waals surface area contributed by atoms with Gasteiger partial charge in [0, 0.05) is 12.1 Å². The predicted molar refractivity (Wildman–Crippen MR) is 97.6 cm³/mol. The lowest BCUT2D eigenvalue weighted by molar-refractivity contribution is -0.384. The molecule has 0 unspecified atom stereocenters. The first-order chi connectivity index (χ1) is 13.1. The lowest BCUT2D eigenvalue weighted by Gasteiger charge is -2.10. The SMILES string of the molecule is O=c1c(OCc2ccc([N+](=O)[O-])cc2)c(-c2ccco2)oc2ccccc12. The molecule has 0 amide bonds. The Bertz CT molecular complexity index is 1160. The summed E-state index contributed by atoms with van der Waals surface area (Å²) >= 11 is 0. The Labute approximate surface area is 152 Å². The summed E-state index contributed by atoms with van der Waals surface area (Å²) in [4.78, 5) is 23.2. The number of furan rings is 1. The fourth-order valence-corrected chi connectivity index (χ4v) is 2.70. The van der Waals surface area contributed by atoms with Gasteiger partial charge < -0.3 is 13.6 Å². The molecule has 0 saturated heterocycles. The molecule has 134 valence electrons. The topological polar surface area (TPSA) is 95.7 Å². The molecule has 0 N–H and O–H groups in total. The van der Waals surface area contributed by atoms with Crippen LogP contribution in [0.15, 0.2) is 80.6 Å². The van der Waals surface area contributed by atoms with Crippen molar-refractivity contribution in [2.75, 3.05) is 0 Å². The van der Waals surface area contributed by atoms with Crippen LogP contribution in [0.2, 0.25) is 0 Å². The minimum Gasteiger partial charge on any atom is -0.481 e. The second-order valence-electron chi connectivity index (χ2n) is 5.78. The molecule has 27 heavy (non-hydrogen) atoms. The quantitative estimate of drug-likeness (QED) is 0.381. The Morgan fingerprint density at radius 1 is 1.00 bits per heavy atom. The molecule has 0 bridgehead atoms. The molecule has 0 aliphatic carbocycles. The Kier molecular flexibility index (Phi) is 4.18. The van der Waals surface area contributed by atoms with Gasteiger partial charge in [0.05, 0.1) is 16.6 Å². The number of fused-ring (bicyclic) bond motifs is 1. The highest BCUT2D eigenvalue weighted by Gasteiger charge is 2.19. The van der Waals surface area contributed by atoms with Crippen LogP contribution < -0.4 is 10.2 Å². The molecule has 0 atom stereocenters. The van der Waals surface area contributed by atoms with Crippen molar-refractivity contribution in [2.24, 2.45) is 0 Å². The third kappa shape index (κ3) is 3.18. The minimum absolute atomic E-state index is 0.0137. The van der Waals surface area contributed by atoms with Crippen LogP contribution in [0.25, 0.3) is 22.5 Å². The summed E-state index contributed by atoms with van der Waals surface area (Å²) in [5.41, 5.74) is 0.778. The van der Waals surface area contributed by atoms with E-state index in [1.54, 1.807) is 48.5 Å². The maximum absolute atomic E-state index is 12.9. The number of nitro benzene ring substituents is 1. The summed E-state index contributed by atoms with van der Waals surface area (Å²) in [6.07, 6.45) is 1.48. The van der Waals surface area contributed by atoms with Gasteiger partial charge in [-0.05, 0) is 42.0 Å². The van der Waals surface area contributed by atoms with Crippen LogP contribution in [0.4, 0.5) is 5.69 Å². The second-order valence-corrected chi connectivity index (χ2v) is 5.78. The highest BCUT2D eigenvalue weighted by atomic mass is 16.6. The number of non-ortho nitro benzene ring substituents is 1. The Hall–Kier alpha value is -3.87. The van der Waals surface area contributed by atoms with Crippen LogP contribution in [0.5, 0.6) is 5.75 Å². The standard InChI is InChI=1S/C20H13NO6/c22-18-15-4-1-2-5-16(15)27-19(17-6-3-11-25-17)20(18)26-12-13-7-9-14(10-8-13)21(23)24/h1-11H,12H2. The highest BCUT2D eigenvalue weighted by Crippen LogP contribution is 2.31. The van der Waals surface area contributed by atoms with Crippen LogP contribution >= 0.6 is 0 Å². The Morgan fingerprint density at radius 2 is 1.78 bits per heavy atom. The summed E-state index contributed by atoms with van der Waals surface area (Å²) < 4.78 is 17.0. The lowest BCUT2D eigenvalue weighted by atomic mass is 10.2. The fourth-order valence-electron chi connectivity index (χ4n) is 2.70. The van der Waals surface area contributed by atoms with E-state index in [4.69, 9.17) is 13.6 Å². The van der Waals surface area contributed by atoms with Crippen molar-refractivity contribution >= 4 is 16.7 Å². The van der Waals surface area contributed by atoms with Gasteiger partial charge in [-0.15, -0.1) is 0 Å². The van der Waals surface area contributed by atoms with Crippen molar-refractivity contribution in [3.05, 3.63) is 92.8 Å². The largest absolute Gasteiger partial charge is 0.481 e. The smallest absolute Gasteiger partial charge is 0.269 e. The number of rotatable bonds is 5. The first kappa shape index (κ1) is 16.6. The molecule has 0 aliphatic heterocycles. The van der Waals surface area contributed by atoms with Crippen LogP contribution in [-0.4, -0.2) is 4.92 Å². The van der Waals surface area contributed by atoms with E-state index < -0.39 is 4.92 Å². The molecule has 4 rings (SSSR count). The highest BCUT2D eigenvalue weighted by molar-refractivity contribution is 5.81. The van der Waals surface area contributed by atoms with E-state index in [2.05, 4.69) is 0 Å². The molecule has 7 heteroatoms. The monoisotopic (exact) mass is 363 g/mol. The average molecular weight is 363 g/mol. The van der Waals surface area contributed by atoms with E-state index in [0.717, 1.165) is 0 Å². The summed E-state index contributed by atoms with van der Waals surface area (Å²) in [7, 11) is 0. The van der Waals surface area contributed by atoms with E-state index >= 15 is 0 Å². The summed E-state index contributed by atoms with van der Waals surface area (Å²) in [5.74, 6) is 0.601. The molecule has 0 aliphatic rings. The van der Waals surface area contributed by atoms with Crippen molar-refractivity contribution in [3.8, 4) is 17.3 Å². The number of para-hydroxylation sites is 1. The van der Waals surface area contributed by atoms with E-state index in [9.17, 15) is 14.9 Å². The molecule has 2 aromatic heterocycles. The molecule has 0 spiro atoms. The maximum atomic E-state index is 12.9. The fraction of sp³-hybridized carbons (Fsp3) is 0.0500. The number of benzene rings is 2. The molecule has 0 fully saturated rings. The first-order valence-electron chi connectivity index (χ1n) is 8.09. The Morgan fingerprint density at radius 3 is 2.48 bits per heavy atom. The molecule has 0 radical (unpaired) electrons. The molecule has 2 aromatic carbocycles. The number of nitrogens with zero attached hydrogens (tertiary/aromatic N) is 1.